The van der Waals surface area contributed by atoms with E-state index in [2.05, 4.69) is 33.0 Å². The third kappa shape index (κ3) is 11.8. The van der Waals surface area contributed by atoms with Gasteiger partial charge < -0.3 is 5.32 Å². The zero-order chi connectivity index (χ0) is 15.1. The van der Waals surface area contributed by atoms with Gasteiger partial charge in [0.2, 0.25) is 0 Å². The molecule has 0 saturated heterocycles. The highest BCUT2D eigenvalue weighted by Gasteiger charge is 2.14. The Balaban J connectivity index is 3.48. The van der Waals surface area contributed by atoms with Crippen LogP contribution in [0.15, 0.2) is 0 Å². The molecule has 0 bridgehead atoms. The van der Waals surface area contributed by atoms with Crippen molar-refractivity contribution in [1.82, 2.24) is 5.32 Å². The van der Waals surface area contributed by atoms with E-state index < -0.39 is 0 Å². The maximum Gasteiger partial charge on any atom is 0.00925 e. The molecule has 0 radical (unpaired) electrons. The van der Waals surface area contributed by atoms with E-state index in [1.165, 1.54) is 77.0 Å². The second-order valence-electron chi connectivity index (χ2n) is 6.55. The standard InChI is InChI=1S/C19H41N/c1-5-8-9-10-11-12-13-14-15-17-19(20-7-3)18(4)16-6-2/h18-20H,5-17H2,1-4H3. The molecule has 0 aliphatic heterocycles. The summed E-state index contributed by atoms with van der Waals surface area (Å²) in [5, 5.41) is 3.69. The molecule has 0 spiro atoms. The van der Waals surface area contributed by atoms with Crippen molar-refractivity contribution >= 4 is 0 Å². The fraction of sp³-hybridized carbons (Fsp3) is 1.00. The molecule has 1 nitrogen and oxygen atoms in total. The van der Waals surface area contributed by atoms with Crippen molar-refractivity contribution < 1.29 is 0 Å². The maximum atomic E-state index is 3.69. The van der Waals surface area contributed by atoms with Gasteiger partial charge in [0.25, 0.3) is 0 Å². The lowest BCUT2D eigenvalue weighted by molar-refractivity contribution is 0.332. The van der Waals surface area contributed by atoms with Crippen LogP contribution in [0.1, 0.15) is 105 Å². The van der Waals surface area contributed by atoms with Gasteiger partial charge in [-0.2, -0.15) is 0 Å². The summed E-state index contributed by atoms with van der Waals surface area (Å²) in [4.78, 5) is 0. The Kier molecular flexibility index (Phi) is 15.3. The molecule has 1 heteroatoms. The minimum Gasteiger partial charge on any atom is -0.314 e. The Morgan fingerprint density at radius 3 is 1.70 bits per heavy atom. The van der Waals surface area contributed by atoms with Gasteiger partial charge in [-0.25, -0.2) is 0 Å². The van der Waals surface area contributed by atoms with E-state index in [0.29, 0.717) is 0 Å². The summed E-state index contributed by atoms with van der Waals surface area (Å²) in [7, 11) is 0. The predicted molar refractivity (Wildman–Crippen MR) is 93.4 cm³/mol. The van der Waals surface area contributed by atoms with Gasteiger partial charge >= 0.3 is 0 Å². The average molecular weight is 284 g/mol. The molecule has 0 aliphatic rings. The highest BCUT2D eigenvalue weighted by atomic mass is 14.9. The van der Waals surface area contributed by atoms with Crippen molar-refractivity contribution in [3.05, 3.63) is 0 Å². The van der Waals surface area contributed by atoms with Crippen molar-refractivity contribution in [2.24, 2.45) is 5.92 Å². The Morgan fingerprint density at radius 1 is 0.650 bits per heavy atom. The van der Waals surface area contributed by atoms with Gasteiger partial charge in [-0.1, -0.05) is 91.9 Å². The van der Waals surface area contributed by atoms with E-state index in [1.54, 1.807) is 0 Å². The van der Waals surface area contributed by atoms with Crippen molar-refractivity contribution in [2.75, 3.05) is 6.54 Å². The Bertz CT molecular complexity index is 179. The van der Waals surface area contributed by atoms with Crippen LogP contribution in [0.25, 0.3) is 0 Å². The molecule has 1 N–H and O–H groups in total. The monoisotopic (exact) mass is 283 g/mol. The minimum absolute atomic E-state index is 0.754. The number of nitrogens with one attached hydrogen (secondary N) is 1. The number of hydrogen-bond donors (Lipinski definition) is 1. The largest absolute Gasteiger partial charge is 0.314 e. The summed E-state index contributed by atoms with van der Waals surface area (Å²) in [6.07, 6.45) is 17.0. The first-order chi connectivity index (χ1) is 9.76. The molecule has 0 fully saturated rings. The molecule has 0 amide bonds. The van der Waals surface area contributed by atoms with Crippen LogP contribution in [0.5, 0.6) is 0 Å². The van der Waals surface area contributed by atoms with Crippen LogP contribution in [-0.4, -0.2) is 12.6 Å². The van der Waals surface area contributed by atoms with Gasteiger partial charge in [-0.15, -0.1) is 0 Å². The second-order valence-corrected chi connectivity index (χ2v) is 6.55. The quantitative estimate of drug-likeness (QED) is 0.347. The molecule has 0 rings (SSSR count). The summed E-state index contributed by atoms with van der Waals surface area (Å²) in [5.41, 5.74) is 0. The van der Waals surface area contributed by atoms with Crippen molar-refractivity contribution in [3.8, 4) is 0 Å². The average Bonchev–Trinajstić information content (AvgIpc) is 2.44. The van der Waals surface area contributed by atoms with Crippen LogP contribution < -0.4 is 5.32 Å². The van der Waals surface area contributed by atoms with E-state index in [4.69, 9.17) is 0 Å². The van der Waals surface area contributed by atoms with Crippen molar-refractivity contribution in [2.45, 2.75) is 111 Å². The molecule has 0 aromatic rings. The van der Waals surface area contributed by atoms with Crippen LogP contribution in [0.3, 0.4) is 0 Å². The zero-order valence-electron chi connectivity index (χ0n) is 14.8. The SMILES string of the molecule is CCCCCCCCCCCC(NCC)C(C)CCC. The normalized spacial score (nSPS) is 14.4. The van der Waals surface area contributed by atoms with Crippen LogP contribution >= 0.6 is 0 Å². The fourth-order valence-corrected chi connectivity index (χ4v) is 3.18. The summed E-state index contributed by atoms with van der Waals surface area (Å²) < 4.78 is 0. The molecular formula is C19H41N. The van der Waals surface area contributed by atoms with E-state index in [0.717, 1.165) is 18.5 Å². The second kappa shape index (κ2) is 15.4. The van der Waals surface area contributed by atoms with Crippen LogP contribution in [0.2, 0.25) is 0 Å². The van der Waals surface area contributed by atoms with Gasteiger partial charge in [0, 0.05) is 6.04 Å². The van der Waals surface area contributed by atoms with Gasteiger partial charge in [0.05, 0.1) is 0 Å². The molecule has 0 aromatic carbocycles. The number of rotatable bonds is 15. The molecule has 2 unspecified atom stereocenters. The van der Waals surface area contributed by atoms with Crippen molar-refractivity contribution in [3.63, 3.8) is 0 Å². The van der Waals surface area contributed by atoms with Gasteiger partial charge in [-0.05, 0) is 25.3 Å². The summed E-state index contributed by atoms with van der Waals surface area (Å²) >= 11 is 0. The molecule has 0 aliphatic carbocycles. The third-order valence-corrected chi connectivity index (χ3v) is 4.52. The van der Waals surface area contributed by atoms with Crippen LogP contribution in [-0.2, 0) is 0 Å². The van der Waals surface area contributed by atoms with Gasteiger partial charge in [0.1, 0.15) is 0 Å². The molecule has 0 heterocycles. The number of hydrogen-bond acceptors (Lipinski definition) is 1. The first-order valence-electron chi connectivity index (χ1n) is 9.49. The first-order valence-corrected chi connectivity index (χ1v) is 9.49. The fourth-order valence-electron chi connectivity index (χ4n) is 3.18. The van der Waals surface area contributed by atoms with Crippen LogP contribution in [0, 0.1) is 5.92 Å². The molecule has 2 atom stereocenters. The summed E-state index contributed by atoms with van der Waals surface area (Å²) in [6, 6.07) is 0.754. The zero-order valence-corrected chi connectivity index (χ0v) is 14.8. The molecule has 20 heavy (non-hydrogen) atoms. The maximum absolute atomic E-state index is 3.69. The lowest BCUT2D eigenvalue weighted by Crippen LogP contribution is -2.34. The van der Waals surface area contributed by atoms with Gasteiger partial charge in [-0.3, -0.25) is 0 Å². The highest BCUT2D eigenvalue weighted by Crippen LogP contribution is 2.17. The van der Waals surface area contributed by atoms with E-state index in [9.17, 15) is 0 Å². The number of unbranched alkanes of at least 4 members (excludes halogenated alkanes) is 8. The molecule has 0 saturated carbocycles. The molecule has 122 valence electrons. The highest BCUT2D eigenvalue weighted by molar-refractivity contribution is 4.72. The van der Waals surface area contributed by atoms with E-state index in [-0.39, 0.29) is 0 Å². The van der Waals surface area contributed by atoms with E-state index >= 15 is 0 Å². The third-order valence-electron chi connectivity index (χ3n) is 4.52. The minimum atomic E-state index is 0.754. The topological polar surface area (TPSA) is 12.0 Å². The first kappa shape index (κ1) is 20.0. The lowest BCUT2D eigenvalue weighted by atomic mass is 9.92. The summed E-state index contributed by atoms with van der Waals surface area (Å²) in [5.74, 6) is 0.842. The lowest BCUT2D eigenvalue weighted by Gasteiger charge is -2.24. The Labute approximate surface area is 129 Å². The molecular weight excluding hydrogens is 242 g/mol. The van der Waals surface area contributed by atoms with E-state index in [1.807, 2.05) is 0 Å². The van der Waals surface area contributed by atoms with Crippen molar-refractivity contribution in [1.29, 1.82) is 0 Å². The Morgan fingerprint density at radius 2 is 1.20 bits per heavy atom. The summed E-state index contributed by atoms with van der Waals surface area (Å²) in [6.45, 7) is 10.4. The molecule has 0 aromatic heterocycles. The predicted octanol–water partition coefficient (Wildman–Crippen LogP) is 6.32. The van der Waals surface area contributed by atoms with Crippen LogP contribution in [0.4, 0.5) is 0 Å². The van der Waals surface area contributed by atoms with Gasteiger partial charge in [0.15, 0.2) is 0 Å². The smallest absolute Gasteiger partial charge is 0.00925 e. The Hall–Kier alpha value is -0.0400.